The number of halogens is 6. The van der Waals surface area contributed by atoms with Crippen molar-refractivity contribution in [2.75, 3.05) is 40.3 Å². The van der Waals surface area contributed by atoms with Gasteiger partial charge in [-0.05, 0) is 178 Å². The fraction of sp³-hybridized carbons (Fsp3) is 0.450. The average Bonchev–Trinajstić information content (AvgIpc) is 3.40. The molecule has 2 fully saturated rings. The van der Waals surface area contributed by atoms with Gasteiger partial charge in [-0.1, -0.05) is 46.4 Å². The first kappa shape index (κ1) is 40.9. The van der Waals surface area contributed by atoms with E-state index in [0.717, 1.165) is 100 Å². The highest BCUT2D eigenvalue weighted by Crippen LogP contribution is 2.47. The minimum Gasteiger partial charge on any atom is -0.317 e. The summed E-state index contributed by atoms with van der Waals surface area (Å²) in [4.78, 5) is 9.65. The Balaban J connectivity index is 0.000000171. The molecule has 4 aliphatic rings. The quantitative estimate of drug-likeness (QED) is 0.221. The number of piperidine rings is 2. The number of fused-ring (bicyclic) bond motifs is 4. The van der Waals surface area contributed by atoms with Crippen LogP contribution >= 0.6 is 78.3 Å². The fourth-order valence-electron chi connectivity index (χ4n) is 8.91. The van der Waals surface area contributed by atoms with E-state index < -0.39 is 10.2 Å². The van der Waals surface area contributed by atoms with Crippen molar-refractivity contribution in [1.29, 1.82) is 0 Å². The van der Waals surface area contributed by atoms with Crippen LogP contribution in [0.3, 0.4) is 0 Å². The fourth-order valence-corrected chi connectivity index (χ4v) is 12.1. The van der Waals surface area contributed by atoms with E-state index in [4.69, 9.17) is 56.4 Å². The molecule has 54 heavy (non-hydrogen) atoms. The molecule has 14 heteroatoms. The monoisotopic (exact) mass is 955 g/mol. The minimum atomic E-state index is -3.40. The first-order valence-electron chi connectivity index (χ1n) is 18.4. The Morgan fingerprint density at radius 3 is 1.54 bits per heavy atom. The molecule has 0 radical (unpaired) electrons. The van der Waals surface area contributed by atoms with Gasteiger partial charge in [0.1, 0.15) is 0 Å². The molecule has 4 heterocycles. The summed E-state index contributed by atoms with van der Waals surface area (Å²) >= 11 is 33.2. The minimum absolute atomic E-state index is 0.0274. The Bertz CT molecular complexity index is 2140. The summed E-state index contributed by atoms with van der Waals surface area (Å²) < 4.78 is 29.9. The molecule has 2 aromatic heterocycles. The van der Waals surface area contributed by atoms with Crippen LogP contribution in [-0.2, 0) is 35.9 Å². The topological polar surface area (TPSA) is 78.4 Å². The van der Waals surface area contributed by atoms with Gasteiger partial charge in [0.05, 0.1) is 11.4 Å². The maximum atomic E-state index is 12.5. The van der Waals surface area contributed by atoms with Crippen LogP contribution in [0.2, 0.25) is 20.1 Å². The number of aryl methyl sites for hydroxylation is 4. The zero-order valence-corrected chi connectivity index (χ0v) is 37.2. The summed E-state index contributed by atoms with van der Waals surface area (Å²) in [5, 5.41) is 6.30. The number of benzene rings is 2. The van der Waals surface area contributed by atoms with Crippen molar-refractivity contribution >= 4 is 88.5 Å². The average molecular weight is 960 g/mol. The summed E-state index contributed by atoms with van der Waals surface area (Å²) in [6.07, 6.45) is 11.2. The third-order valence-corrected chi connectivity index (χ3v) is 15.3. The molecule has 288 valence electrons. The largest absolute Gasteiger partial charge is 0.317 e. The Labute approximate surface area is 356 Å². The summed E-state index contributed by atoms with van der Waals surface area (Å²) in [5.74, 6) is 1.10. The number of aromatic nitrogens is 2. The molecule has 2 atom stereocenters. The van der Waals surface area contributed by atoms with Crippen molar-refractivity contribution in [1.82, 2.24) is 23.9 Å². The van der Waals surface area contributed by atoms with Gasteiger partial charge in [0.15, 0.2) is 0 Å². The van der Waals surface area contributed by atoms with Crippen LogP contribution in [0.5, 0.6) is 0 Å². The highest BCUT2D eigenvalue weighted by Gasteiger charge is 2.38. The molecule has 4 aromatic rings. The van der Waals surface area contributed by atoms with Gasteiger partial charge in [-0.15, -0.1) is 0 Å². The lowest BCUT2D eigenvalue weighted by Crippen LogP contribution is -2.45. The normalized spacial score (nSPS) is 20.8. The van der Waals surface area contributed by atoms with Gasteiger partial charge in [-0.2, -0.15) is 17.0 Å². The van der Waals surface area contributed by atoms with Crippen molar-refractivity contribution in [3.63, 3.8) is 0 Å². The summed E-state index contributed by atoms with van der Waals surface area (Å²) in [5.41, 5.74) is 9.59. The number of nitrogens with zero attached hydrogens (tertiary/aromatic N) is 4. The van der Waals surface area contributed by atoms with E-state index in [-0.39, 0.29) is 17.8 Å². The predicted molar refractivity (Wildman–Crippen MR) is 228 cm³/mol. The highest BCUT2D eigenvalue weighted by molar-refractivity contribution is 9.10. The lowest BCUT2D eigenvalue weighted by molar-refractivity contribution is 0.246. The lowest BCUT2D eigenvalue weighted by atomic mass is 9.77. The van der Waals surface area contributed by atoms with Gasteiger partial charge < -0.3 is 5.32 Å². The van der Waals surface area contributed by atoms with Gasteiger partial charge in [0, 0.05) is 80.5 Å². The summed E-state index contributed by atoms with van der Waals surface area (Å²) in [6.45, 7) is 3.11. The van der Waals surface area contributed by atoms with Crippen LogP contribution in [0.15, 0.2) is 57.7 Å². The van der Waals surface area contributed by atoms with Crippen LogP contribution < -0.4 is 5.32 Å². The van der Waals surface area contributed by atoms with Gasteiger partial charge in [-0.25, -0.2) is 0 Å². The van der Waals surface area contributed by atoms with E-state index in [1.165, 1.54) is 32.3 Å². The number of nitrogens with one attached hydrogen (secondary N) is 1. The first-order chi connectivity index (χ1) is 25.8. The molecule has 1 N–H and O–H groups in total. The molecular formula is C40H43Br2Cl4N5O2S. The van der Waals surface area contributed by atoms with Crippen molar-refractivity contribution in [2.45, 2.75) is 63.2 Å². The Morgan fingerprint density at radius 1 is 0.667 bits per heavy atom. The van der Waals surface area contributed by atoms with Crippen LogP contribution in [0.1, 0.15) is 82.3 Å². The van der Waals surface area contributed by atoms with Crippen LogP contribution in [0.4, 0.5) is 0 Å². The van der Waals surface area contributed by atoms with Crippen molar-refractivity contribution in [3.8, 4) is 0 Å². The third-order valence-electron chi connectivity index (χ3n) is 11.4. The van der Waals surface area contributed by atoms with E-state index in [1.54, 1.807) is 18.4 Å². The van der Waals surface area contributed by atoms with Crippen molar-refractivity contribution < 1.29 is 8.42 Å². The number of hydrogen-bond acceptors (Lipinski definition) is 5. The lowest BCUT2D eigenvalue weighted by Gasteiger charge is -2.37. The maximum absolute atomic E-state index is 12.5. The molecule has 0 saturated carbocycles. The Kier molecular flexibility index (Phi) is 13.1. The van der Waals surface area contributed by atoms with E-state index in [0.29, 0.717) is 29.1 Å². The second-order valence-corrected chi connectivity index (χ2v) is 20.5. The molecule has 2 saturated heterocycles. The molecule has 0 bridgehead atoms. The SMILES string of the molecule is CN(C)S(=O)(=O)N1CCC(C2c3ncc(Br)cc3CCc3cc(Cl)cc(Cl)c32)CC1.Clc1cc(Cl)c2c(c1)CCc1cc(Br)cnc1C2C1CCNCC1. The third kappa shape index (κ3) is 8.59. The van der Waals surface area contributed by atoms with E-state index in [2.05, 4.69) is 55.4 Å². The van der Waals surface area contributed by atoms with Crippen LogP contribution in [-0.4, -0.2) is 67.3 Å². The highest BCUT2D eigenvalue weighted by atomic mass is 79.9. The van der Waals surface area contributed by atoms with E-state index >= 15 is 0 Å². The smallest absolute Gasteiger partial charge is 0.281 e. The van der Waals surface area contributed by atoms with Gasteiger partial charge in [0.25, 0.3) is 10.2 Å². The predicted octanol–water partition coefficient (Wildman–Crippen LogP) is 10.3. The van der Waals surface area contributed by atoms with Crippen molar-refractivity contribution in [2.24, 2.45) is 11.8 Å². The maximum Gasteiger partial charge on any atom is 0.281 e. The van der Waals surface area contributed by atoms with E-state index in [9.17, 15) is 8.42 Å². The van der Waals surface area contributed by atoms with Crippen LogP contribution in [0.25, 0.3) is 0 Å². The molecule has 2 aromatic carbocycles. The standard InChI is InChI=1S/C21H24BrCl2N3O2S.C19H19BrCl2N2/c1-26(2)30(28,29)27-7-5-13(6-8-27)20-19-14(10-17(23)11-18(19)24)3-4-15-9-16(22)12-25-21(15)20;20-14-7-13-2-1-12-8-15(21)9-16(22)17(12)18(19(13)24-10-14)11-3-5-23-6-4-11/h9-13,20H,3-8H2,1-2H3;7-11,18,23H,1-6H2. The van der Waals surface area contributed by atoms with Crippen molar-refractivity contribution in [3.05, 3.63) is 123 Å². The van der Waals surface area contributed by atoms with E-state index in [1.807, 2.05) is 30.6 Å². The number of rotatable bonds is 4. The molecule has 0 amide bonds. The second-order valence-electron chi connectivity index (χ2n) is 14.9. The molecule has 8 rings (SSSR count). The van der Waals surface area contributed by atoms with Gasteiger partial charge in [-0.3, -0.25) is 9.97 Å². The second kappa shape index (κ2) is 17.3. The molecule has 0 spiro atoms. The first-order valence-corrected chi connectivity index (χ1v) is 22.9. The molecular weight excluding hydrogens is 916 g/mol. The number of pyridine rings is 2. The molecule has 2 unspecified atom stereocenters. The zero-order valence-electron chi connectivity index (χ0n) is 30.2. The molecule has 2 aliphatic heterocycles. The Morgan fingerprint density at radius 2 is 1.09 bits per heavy atom. The summed E-state index contributed by atoms with van der Waals surface area (Å²) in [6, 6.07) is 12.2. The van der Waals surface area contributed by atoms with Gasteiger partial charge >= 0.3 is 0 Å². The molecule has 2 aliphatic carbocycles. The summed E-state index contributed by atoms with van der Waals surface area (Å²) in [7, 11) is -0.253. The Hall–Kier alpha value is -1.31. The molecule has 7 nitrogen and oxygen atoms in total. The zero-order chi connectivity index (χ0) is 38.3. The number of hydrogen-bond donors (Lipinski definition) is 1. The van der Waals surface area contributed by atoms with Gasteiger partial charge in [0.2, 0.25) is 0 Å². The van der Waals surface area contributed by atoms with Crippen LogP contribution in [0, 0.1) is 11.8 Å².